The standard InChI is InChI=1S/C29H29FN2O3.CH4/c1-18-7-8-19(11-24(18)30)16-35-29-14-22-20(12-28(29)34-2)9-10-31-15-27-23(13-26(22)31)21-5-3-4-6-25(21)32(27)17-33;/h3-8,11-12,14,26,33H,9-10,13,15-17H2,1-2H3;1H4. The number of hydrogen-bond acceptors (Lipinski definition) is 4. The van der Waals surface area contributed by atoms with Gasteiger partial charge in [-0.2, -0.15) is 0 Å². The van der Waals surface area contributed by atoms with E-state index in [1.165, 1.54) is 33.8 Å². The zero-order chi connectivity index (χ0) is 24.1. The van der Waals surface area contributed by atoms with Gasteiger partial charge in [-0.25, -0.2) is 4.39 Å². The lowest BCUT2D eigenvalue weighted by atomic mass is 9.85. The van der Waals surface area contributed by atoms with Crippen molar-refractivity contribution in [2.75, 3.05) is 13.7 Å². The third kappa shape index (κ3) is 3.94. The van der Waals surface area contributed by atoms with Gasteiger partial charge in [0.15, 0.2) is 11.5 Å². The summed E-state index contributed by atoms with van der Waals surface area (Å²) in [5.41, 5.74) is 7.56. The van der Waals surface area contributed by atoms with Crippen LogP contribution in [0.25, 0.3) is 10.9 Å². The monoisotopic (exact) mass is 488 g/mol. The van der Waals surface area contributed by atoms with Gasteiger partial charge in [-0.05, 0) is 71.8 Å². The lowest BCUT2D eigenvalue weighted by Gasteiger charge is -2.41. The van der Waals surface area contributed by atoms with Crippen LogP contribution in [-0.2, 0) is 32.7 Å². The molecule has 188 valence electrons. The maximum atomic E-state index is 14.0. The number of fused-ring (bicyclic) bond motifs is 6. The van der Waals surface area contributed by atoms with Crippen LogP contribution in [0.4, 0.5) is 4.39 Å². The number of ether oxygens (including phenoxy) is 2. The van der Waals surface area contributed by atoms with Crippen LogP contribution in [0.15, 0.2) is 54.6 Å². The molecule has 1 N–H and O–H groups in total. The molecule has 1 aromatic heterocycles. The molecule has 3 heterocycles. The van der Waals surface area contributed by atoms with Crippen LogP contribution >= 0.6 is 0 Å². The van der Waals surface area contributed by atoms with Gasteiger partial charge in [0.2, 0.25) is 0 Å². The SMILES string of the molecule is C.COc1cc2c(cc1OCc1ccc(C)c(F)c1)C1Cc3c(n(CO)c4ccccc34)CN1CC2. The second-order valence-corrected chi connectivity index (χ2v) is 9.53. The highest BCUT2D eigenvalue weighted by Gasteiger charge is 2.35. The fourth-order valence-corrected chi connectivity index (χ4v) is 5.73. The zero-order valence-corrected chi connectivity index (χ0v) is 20.1. The van der Waals surface area contributed by atoms with E-state index < -0.39 is 0 Å². The second-order valence-electron chi connectivity index (χ2n) is 9.53. The van der Waals surface area contributed by atoms with Crippen LogP contribution in [-0.4, -0.2) is 28.2 Å². The van der Waals surface area contributed by atoms with Crippen LogP contribution in [0.5, 0.6) is 11.5 Å². The molecule has 0 bridgehead atoms. The molecule has 0 fully saturated rings. The largest absolute Gasteiger partial charge is 0.493 e. The molecule has 2 aliphatic rings. The van der Waals surface area contributed by atoms with Crippen LogP contribution in [0.3, 0.4) is 0 Å². The highest BCUT2D eigenvalue weighted by molar-refractivity contribution is 5.86. The maximum Gasteiger partial charge on any atom is 0.162 e. The smallest absolute Gasteiger partial charge is 0.162 e. The molecular formula is C30H33FN2O3. The molecule has 4 aromatic rings. The first-order valence-electron chi connectivity index (χ1n) is 12.1. The van der Waals surface area contributed by atoms with Crippen molar-refractivity contribution < 1.29 is 19.0 Å². The van der Waals surface area contributed by atoms with Crippen molar-refractivity contribution in [3.05, 3.63) is 93.9 Å². The zero-order valence-electron chi connectivity index (χ0n) is 20.1. The number of rotatable bonds is 5. The Morgan fingerprint density at radius 1 is 1.08 bits per heavy atom. The highest BCUT2D eigenvalue weighted by atomic mass is 19.1. The van der Waals surface area contributed by atoms with Gasteiger partial charge in [-0.15, -0.1) is 0 Å². The first kappa shape index (κ1) is 24.3. The molecule has 0 amide bonds. The van der Waals surface area contributed by atoms with E-state index >= 15 is 0 Å². The van der Waals surface area contributed by atoms with Crippen molar-refractivity contribution in [1.82, 2.24) is 9.47 Å². The molecule has 0 aliphatic carbocycles. The molecular weight excluding hydrogens is 455 g/mol. The number of halogens is 1. The normalized spacial score (nSPS) is 16.6. The van der Waals surface area contributed by atoms with Crippen molar-refractivity contribution in [2.24, 2.45) is 0 Å². The summed E-state index contributed by atoms with van der Waals surface area (Å²) in [6.45, 7) is 3.77. The van der Waals surface area contributed by atoms with E-state index in [4.69, 9.17) is 9.47 Å². The predicted octanol–water partition coefficient (Wildman–Crippen LogP) is 5.92. The molecule has 2 aliphatic heterocycles. The van der Waals surface area contributed by atoms with Crippen molar-refractivity contribution in [1.29, 1.82) is 0 Å². The topological polar surface area (TPSA) is 46.9 Å². The Kier molecular flexibility index (Phi) is 6.49. The van der Waals surface area contributed by atoms with E-state index in [-0.39, 0.29) is 32.6 Å². The molecule has 0 spiro atoms. The number of hydrogen-bond donors (Lipinski definition) is 1. The Labute approximate surface area is 211 Å². The van der Waals surface area contributed by atoms with Crippen molar-refractivity contribution >= 4 is 10.9 Å². The first-order valence-corrected chi connectivity index (χ1v) is 12.1. The molecule has 3 aromatic carbocycles. The molecule has 6 rings (SSSR count). The number of aryl methyl sites for hydroxylation is 1. The summed E-state index contributed by atoms with van der Waals surface area (Å²) in [5.74, 6) is 1.16. The van der Waals surface area contributed by atoms with Crippen LogP contribution < -0.4 is 9.47 Å². The number of benzene rings is 3. The number of para-hydroxylation sites is 1. The molecule has 6 heteroatoms. The summed E-state index contributed by atoms with van der Waals surface area (Å²) < 4.78 is 27.9. The van der Waals surface area contributed by atoms with E-state index in [9.17, 15) is 9.50 Å². The Balaban J connectivity index is 0.00000267. The van der Waals surface area contributed by atoms with Gasteiger partial charge in [0.05, 0.1) is 12.6 Å². The summed E-state index contributed by atoms with van der Waals surface area (Å²) in [6, 6.07) is 18.0. The van der Waals surface area contributed by atoms with Gasteiger partial charge in [0.1, 0.15) is 19.2 Å². The molecule has 1 unspecified atom stereocenters. The third-order valence-electron chi connectivity index (χ3n) is 7.61. The average molecular weight is 489 g/mol. The minimum Gasteiger partial charge on any atom is -0.493 e. The third-order valence-corrected chi connectivity index (χ3v) is 7.61. The minimum absolute atomic E-state index is 0. The number of nitrogens with zero attached hydrogens (tertiary/aromatic N) is 2. The fourth-order valence-electron chi connectivity index (χ4n) is 5.73. The summed E-state index contributed by atoms with van der Waals surface area (Å²) >= 11 is 0. The Morgan fingerprint density at radius 2 is 1.92 bits per heavy atom. The number of aromatic nitrogens is 1. The van der Waals surface area contributed by atoms with Gasteiger partial charge in [0.25, 0.3) is 0 Å². The highest BCUT2D eigenvalue weighted by Crippen LogP contribution is 2.44. The van der Waals surface area contributed by atoms with Gasteiger partial charge in [0, 0.05) is 30.2 Å². The Morgan fingerprint density at radius 3 is 2.69 bits per heavy atom. The summed E-state index contributed by atoms with van der Waals surface area (Å²) in [6.07, 6.45) is 1.81. The molecule has 36 heavy (non-hydrogen) atoms. The molecule has 0 saturated carbocycles. The first-order chi connectivity index (χ1) is 17.1. The number of aliphatic hydroxyl groups excluding tert-OH is 1. The Hall–Kier alpha value is -3.35. The van der Waals surface area contributed by atoms with E-state index in [1.807, 2.05) is 16.7 Å². The second kappa shape index (κ2) is 9.60. The lowest BCUT2D eigenvalue weighted by molar-refractivity contribution is 0.145. The van der Waals surface area contributed by atoms with E-state index in [0.717, 1.165) is 37.0 Å². The molecule has 1 atom stereocenters. The fraction of sp³-hybridized carbons (Fsp3) is 0.333. The van der Waals surface area contributed by atoms with E-state index in [1.54, 1.807) is 20.1 Å². The maximum absolute atomic E-state index is 14.0. The van der Waals surface area contributed by atoms with Gasteiger partial charge in [-0.1, -0.05) is 37.8 Å². The molecule has 5 nitrogen and oxygen atoms in total. The van der Waals surface area contributed by atoms with Gasteiger partial charge >= 0.3 is 0 Å². The number of methoxy groups -OCH3 is 1. The number of aliphatic hydroxyl groups is 1. The van der Waals surface area contributed by atoms with E-state index in [2.05, 4.69) is 35.2 Å². The van der Waals surface area contributed by atoms with Crippen molar-refractivity contribution in [3.63, 3.8) is 0 Å². The van der Waals surface area contributed by atoms with Gasteiger partial charge < -0.3 is 19.1 Å². The Bertz CT molecular complexity index is 1430. The van der Waals surface area contributed by atoms with Gasteiger partial charge in [-0.3, -0.25) is 4.90 Å². The molecule has 0 radical (unpaired) electrons. The van der Waals surface area contributed by atoms with Crippen LogP contribution in [0.1, 0.15) is 47.0 Å². The molecule has 0 saturated heterocycles. The predicted molar refractivity (Wildman–Crippen MR) is 140 cm³/mol. The van der Waals surface area contributed by atoms with Crippen molar-refractivity contribution in [3.8, 4) is 11.5 Å². The van der Waals surface area contributed by atoms with E-state index in [0.29, 0.717) is 17.1 Å². The van der Waals surface area contributed by atoms with Crippen LogP contribution in [0, 0.1) is 12.7 Å². The van der Waals surface area contributed by atoms with Crippen molar-refractivity contribution in [2.45, 2.75) is 53.1 Å². The summed E-state index contributed by atoms with van der Waals surface area (Å²) in [7, 11) is 1.66. The lowest BCUT2D eigenvalue weighted by Crippen LogP contribution is -2.39. The van der Waals surface area contributed by atoms with Crippen LogP contribution in [0.2, 0.25) is 0 Å². The average Bonchev–Trinajstić information content (AvgIpc) is 3.20. The summed E-state index contributed by atoms with van der Waals surface area (Å²) in [4.78, 5) is 2.50. The quantitative estimate of drug-likeness (QED) is 0.379. The summed E-state index contributed by atoms with van der Waals surface area (Å²) in [5, 5.41) is 11.3. The minimum atomic E-state index is -0.223.